The van der Waals surface area contributed by atoms with Gasteiger partial charge in [0, 0.05) is 36.7 Å². The van der Waals surface area contributed by atoms with Gasteiger partial charge in [0.05, 0.1) is 13.2 Å². The fourth-order valence-corrected chi connectivity index (χ4v) is 2.15. The van der Waals surface area contributed by atoms with E-state index in [0.29, 0.717) is 0 Å². The highest BCUT2D eigenvalue weighted by Gasteiger charge is 2.12. The van der Waals surface area contributed by atoms with Crippen molar-refractivity contribution in [3.8, 4) is 0 Å². The Morgan fingerprint density at radius 3 is 2.58 bits per heavy atom. The average Bonchev–Trinajstić information content (AvgIpc) is 2.49. The second kappa shape index (κ2) is 5.71. The fourth-order valence-electron chi connectivity index (χ4n) is 2.15. The third-order valence-corrected chi connectivity index (χ3v) is 3.14. The summed E-state index contributed by atoms with van der Waals surface area (Å²) in [7, 11) is 0. The lowest BCUT2D eigenvalue weighted by atomic mass is 10.3. The number of para-hydroxylation sites is 1. The molecule has 0 saturated carbocycles. The molecule has 0 unspecified atom stereocenters. The lowest BCUT2D eigenvalue weighted by molar-refractivity contribution is 0.122. The van der Waals surface area contributed by atoms with Gasteiger partial charge in [-0.2, -0.15) is 0 Å². The maximum atomic E-state index is 5.36. The molecule has 0 aliphatic carbocycles. The summed E-state index contributed by atoms with van der Waals surface area (Å²) < 4.78 is 5.36. The number of hydrogen-bond acceptors (Lipinski definition) is 4. The molecular weight excluding hydrogens is 238 g/mol. The second-order valence-corrected chi connectivity index (χ2v) is 4.49. The molecular formula is C15H17N3O. The first-order chi connectivity index (χ1) is 9.42. The van der Waals surface area contributed by atoms with Gasteiger partial charge < -0.3 is 15.0 Å². The Morgan fingerprint density at radius 1 is 1.00 bits per heavy atom. The molecule has 0 bridgehead atoms. The van der Waals surface area contributed by atoms with Crippen LogP contribution in [0.4, 0.5) is 17.2 Å². The van der Waals surface area contributed by atoms with Crippen molar-refractivity contribution in [2.75, 3.05) is 36.5 Å². The summed E-state index contributed by atoms with van der Waals surface area (Å²) in [4.78, 5) is 6.68. The van der Waals surface area contributed by atoms with Gasteiger partial charge in [-0.15, -0.1) is 0 Å². The first-order valence-electron chi connectivity index (χ1n) is 6.53. The number of hydrogen-bond donors (Lipinski definition) is 1. The van der Waals surface area contributed by atoms with Crippen LogP contribution in [0.2, 0.25) is 0 Å². The summed E-state index contributed by atoms with van der Waals surface area (Å²) in [5, 5.41) is 3.39. The summed E-state index contributed by atoms with van der Waals surface area (Å²) in [5.41, 5.74) is 2.14. The van der Waals surface area contributed by atoms with Crippen LogP contribution >= 0.6 is 0 Å². The molecule has 98 valence electrons. The van der Waals surface area contributed by atoms with Crippen molar-refractivity contribution < 1.29 is 4.74 Å². The highest BCUT2D eigenvalue weighted by atomic mass is 16.5. The lowest BCUT2D eigenvalue weighted by Gasteiger charge is -2.28. The smallest absolute Gasteiger partial charge is 0.130 e. The number of pyridine rings is 1. The number of nitrogens with zero attached hydrogens (tertiary/aromatic N) is 2. The van der Waals surface area contributed by atoms with Crippen molar-refractivity contribution in [2.45, 2.75) is 0 Å². The van der Waals surface area contributed by atoms with Gasteiger partial charge in [0.15, 0.2) is 0 Å². The Balaban J connectivity index is 1.76. The van der Waals surface area contributed by atoms with E-state index in [1.165, 1.54) is 0 Å². The molecule has 1 aliphatic heterocycles. The standard InChI is InChI=1S/C15H17N3O/c1-2-4-13(5-3-1)17-14-6-7-16-15(12-14)18-8-10-19-11-9-18/h1-7,12H,8-11H2,(H,16,17). The highest BCUT2D eigenvalue weighted by molar-refractivity contribution is 5.62. The van der Waals surface area contributed by atoms with Crippen LogP contribution in [0, 0.1) is 0 Å². The minimum Gasteiger partial charge on any atom is -0.378 e. The van der Waals surface area contributed by atoms with E-state index < -0.39 is 0 Å². The number of aromatic nitrogens is 1. The number of anilines is 3. The van der Waals surface area contributed by atoms with Crippen molar-refractivity contribution in [1.29, 1.82) is 0 Å². The largest absolute Gasteiger partial charge is 0.378 e. The predicted molar refractivity (Wildman–Crippen MR) is 77.0 cm³/mol. The number of rotatable bonds is 3. The molecule has 0 atom stereocenters. The molecule has 1 aliphatic rings. The highest BCUT2D eigenvalue weighted by Crippen LogP contribution is 2.20. The van der Waals surface area contributed by atoms with Gasteiger partial charge >= 0.3 is 0 Å². The van der Waals surface area contributed by atoms with Crippen molar-refractivity contribution in [2.24, 2.45) is 0 Å². The van der Waals surface area contributed by atoms with Gasteiger partial charge in [-0.3, -0.25) is 0 Å². The minimum absolute atomic E-state index is 0.776. The van der Waals surface area contributed by atoms with E-state index in [-0.39, 0.29) is 0 Å². The molecule has 0 spiro atoms. The Morgan fingerprint density at radius 2 is 1.79 bits per heavy atom. The van der Waals surface area contributed by atoms with Gasteiger partial charge in [0.25, 0.3) is 0 Å². The van der Waals surface area contributed by atoms with Crippen LogP contribution in [-0.2, 0) is 4.74 Å². The molecule has 1 N–H and O–H groups in total. The van der Waals surface area contributed by atoms with Crippen molar-refractivity contribution in [3.63, 3.8) is 0 Å². The third kappa shape index (κ3) is 3.03. The van der Waals surface area contributed by atoms with Gasteiger partial charge in [-0.05, 0) is 18.2 Å². The van der Waals surface area contributed by atoms with Crippen LogP contribution in [0.3, 0.4) is 0 Å². The van der Waals surface area contributed by atoms with Crippen molar-refractivity contribution in [3.05, 3.63) is 48.7 Å². The second-order valence-electron chi connectivity index (χ2n) is 4.49. The van der Waals surface area contributed by atoms with Gasteiger partial charge in [0.1, 0.15) is 5.82 Å². The average molecular weight is 255 g/mol. The molecule has 0 amide bonds. The number of benzene rings is 1. The molecule has 2 heterocycles. The zero-order valence-electron chi connectivity index (χ0n) is 10.7. The van der Waals surface area contributed by atoms with Crippen molar-refractivity contribution >= 4 is 17.2 Å². The molecule has 1 aromatic carbocycles. The topological polar surface area (TPSA) is 37.4 Å². The maximum absolute atomic E-state index is 5.36. The van der Waals surface area contributed by atoms with Crippen LogP contribution in [0.5, 0.6) is 0 Å². The SMILES string of the molecule is c1ccc(Nc2ccnc(N3CCOCC3)c2)cc1. The van der Waals surface area contributed by atoms with E-state index in [9.17, 15) is 0 Å². The Kier molecular flexibility index (Phi) is 3.61. The van der Waals surface area contributed by atoms with Crippen molar-refractivity contribution in [1.82, 2.24) is 4.98 Å². The molecule has 1 saturated heterocycles. The lowest BCUT2D eigenvalue weighted by Crippen LogP contribution is -2.36. The third-order valence-electron chi connectivity index (χ3n) is 3.14. The maximum Gasteiger partial charge on any atom is 0.130 e. The van der Waals surface area contributed by atoms with E-state index >= 15 is 0 Å². The van der Waals surface area contributed by atoms with Gasteiger partial charge in [-0.25, -0.2) is 4.98 Å². The Labute approximate surface area is 113 Å². The first-order valence-corrected chi connectivity index (χ1v) is 6.53. The predicted octanol–water partition coefficient (Wildman–Crippen LogP) is 2.66. The molecule has 3 rings (SSSR count). The summed E-state index contributed by atoms with van der Waals surface area (Å²) in [6, 6.07) is 14.2. The van der Waals surface area contributed by atoms with Gasteiger partial charge in [-0.1, -0.05) is 18.2 Å². The summed E-state index contributed by atoms with van der Waals surface area (Å²) in [6.45, 7) is 3.36. The minimum atomic E-state index is 0.776. The van der Waals surface area contributed by atoms with Crippen LogP contribution in [0.15, 0.2) is 48.7 Å². The van der Waals surface area contributed by atoms with Crippen LogP contribution in [0.25, 0.3) is 0 Å². The molecule has 4 heteroatoms. The molecule has 2 aromatic rings. The van der Waals surface area contributed by atoms with E-state index in [0.717, 1.165) is 43.5 Å². The van der Waals surface area contributed by atoms with Crippen LogP contribution in [-0.4, -0.2) is 31.3 Å². The number of nitrogens with one attached hydrogen (secondary N) is 1. The number of ether oxygens (including phenoxy) is 1. The number of morpholine rings is 1. The van der Waals surface area contributed by atoms with Gasteiger partial charge in [0.2, 0.25) is 0 Å². The molecule has 19 heavy (non-hydrogen) atoms. The molecule has 1 aromatic heterocycles. The van der Waals surface area contributed by atoms with E-state index in [4.69, 9.17) is 4.74 Å². The molecule has 4 nitrogen and oxygen atoms in total. The fraction of sp³-hybridized carbons (Fsp3) is 0.267. The Hall–Kier alpha value is -2.07. The quantitative estimate of drug-likeness (QED) is 0.915. The first kappa shape index (κ1) is 12.0. The van der Waals surface area contributed by atoms with E-state index in [2.05, 4.69) is 33.4 Å². The molecule has 1 fully saturated rings. The Bertz CT molecular complexity index is 524. The zero-order valence-corrected chi connectivity index (χ0v) is 10.7. The zero-order chi connectivity index (χ0) is 12.9. The van der Waals surface area contributed by atoms with E-state index in [1.807, 2.05) is 30.5 Å². The van der Waals surface area contributed by atoms with Crippen LogP contribution in [0.1, 0.15) is 0 Å². The monoisotopic (exact) mass is 255 g/mol. The summed E-state index contributed by atoms with van der Waals surface area (Å²) in [6.07, 6.45) is 1.84. The molecule has 0 radical (unpaired) electrons. The van der Waals surface area contributed by atoms with Crippen LogP contribution < -0.4 is 10.2 Å². The summed E-state index contributed by atoms with van der Waals surface area (Å²) >= 11 is 0. The van der Waals surface area contributed by atoms with E-state index in [1.54, 1.807) is 0 Å². The normalized spacial score (nSPS) is 15.3. The summed E-state index contributed by atoms with van der Waals surface area (Å²) in [5.74, 6) is 1.00.